The molecule has 0 amide bonds. The molecule has 1 saturated carbocycles. The highest BCUT2D eigenvalue weighted by Crippen LogP contribution is 2.25. The van der Waals surface area contributed by atoms with E-state index in [0.29, 0.717) is 0 Å². The van der Waals surface area contributed by atoms with E-state index in [2.05, 4.69) is 16.6 Å². The number of ether oxygens (including phenoxy) is 1. The minimum absolute atomic E-state index is 0.0809. The Balaban J connectivity index is 2.38. The second-order valence-corrected chi connectivity index (χ2v) is 3.06. The predicted octanol–water partition coefficient (Wildman–Crippen LogP) is 1.27. The maximum Gasteiger partial charge on any atom is 0.392 e. The molecule has 0 radical (unpaired) electrons. The Morgan fingerprint density at radius 3 is 2.46 bits per heavy atom. The maximum absolute atomic E-state index is 11.2. The van der Waals surface area contributed by atoms with Gasteiger partial charge in [0.15, 0.2) is 0 Å². The molecule has 3 nitrogen and oxygen atoms in total. The lowest BCUT2D eigenvalue weighted by Gasteiger charge is -2.04. The summed E-state index contributed by atoms with van der Waals surface area (Å²) in [4.78, 5) is 22.0. The molecule has 70 valence electrons. The summed E-state index contributed by atoms with van der Waals surface area (Å²) < 4.78 is 4.52. The fraction of sp³-hybridized carbons (Fsp3) is 0.600. The smallest absolute Gasteiger partial charge is 0.383 e. The summed E-state index contributed by atoms with van der Waals surface area (Å²) >= 11 is 0. The van der Waals surface area contributed by atoms with E-state index in [1.807, 2.05) is 0 Å². The van der Waals surface area contributed by atoms with Gasteiger partial charge in [-0.15, -0.1) is 0 Å². The first-order chi connectivity index (χ1) is 6.24. The van der Waals surface area contributed by atoms with Gasteiger partial charge in [0.05, 0.1) is 5.92 Å². The van der Waals surface area contributed by atoms with Gasteiger partial charge in [0.2, 0.25) is 0 Å². The standard InChI is InChI=1S/C10H12O3/c1-2-5-9(11)13-10(12)8-6-3-4-7-8/h8H,3-4,6-7H2,1H3. The van der Waals surface area contributed by atoms with Gasteiger partial charge in [-0.1, -0.05) is 18.8 Å². The van der Waals surface area contributed by atoms with E-state index >= 15 is 0 Å². The molecule has 0 heterocycles. The summed E-state index contributed by atoms with van der Waals surface area (Å²) in [6.45, 7) is 1.53. The molecular formula is C10H12O3. The first kappa shape index (κ1) is 9.79. The third kappa shape index (κ3) is 2.90. The predicted molar refractivity (Wildman–Crippen MR) is 46.5 cm³/mol. The second kappa shape index (κ2) is 4.66. The highest BCUT2D eigenvalue weighted by molar-refractivity contribution is 5.96. The van der Waals surface area contributed by atoms with Crippen molar-refractivity contribution < 1.29 is 14.3 Å². The van der Waals surface area contributed by atoms with Crippen LogP contribution in [0.1, 0.15) is 32.6 Å². The van der Waals surface area contributed by atoms with Crippen LogP contribution in [-0.2, 0) is 14.3 Å². The molecule has 13 heavy (non-hydrogen) atoms. The summed E-state index contributed by atoms with van der Waals surface area (Å²) in [6.07, 6.45) is 3.78. The van der Waals surface area contributed by atoms with E-state index in [4.69, 9.17) is 0 Å². The Bertz CT molecular complexity index is 264. The molecule has 0 spiro atoms. The van der Waals surface area contributed by atoms with Crippen LogP contribution in [0.15, 0.2) is 0 Å². The highest BCUT2D eigenvalue weighted by Gasteiger charge is 2.25. The van der Waals surface area contributed by atoms with Crippen molar-refractivity contribution in [3.63, 3.8) is 0 Å². The van der Waals surface area contributed by atoms with Crippen molar-refractivity contribution in [3.05, 3.63) is 0 Å². The summed E-state index contributed by atoms with van der Waals surface area (Å²) in [5.74, 6) is 3.33. The van der Waals surface area contributed by atoms with Gasteiger partial charge in [0.1, 0.15) is 0 Å². The van der Waals surface area contributed by atoms with Crippen LogP contribution in [0.4, 0.5) is 0 Å². The normalized spacial score (nSPS) is 16.1. The highest BCUT2D eigenvalue weighted by atomic mass is 16.6. The van der Waals surface area contributed by atoms with Gasteiger partial charge in [-0.2, -0.15) is 0 Å². The Labute approximate surface area is 77.5 Å². The quantitative estimate of drug-likeness (QED) is 0.264. The van der Waals surface area contributed by atoms with Crippen LogP contribution in [0.5, 0.6) is 0 Å². The van der Waals surface area contributed by atoms with Crippen molar-refractivity contribution in [2.24, 2.45) is 5.92 Å². The number of carbonyl (C=O) groups is 2. The molecule has 0 atom stereocenters. The number of esters is 2. The summed E-state index contributed by atoms with van der Waals surface area (Å²) in [7, 11) is 0. The molecule has 0 N–H and O–H groups in total. The molecule has 1 aliphatic rings. The molecule has 0 aromatic heterocycles. The zero-order valence-electron chi connectivity index (χ0n) is 7.63. The van der Waals surface area contributed by atoms with Crippen LogP contribution in [0.3, 0.4) is 0 Å². The molecule has 0 aliphatic heterocycles. The number of hydrogen-bond donors (Lipinski definition) is 0. The van der Waals surface area contributed by atoms with E-state index in [1.165, 1.54) is 6.92 Å². The van der Waals surface area contributed by atoms with Crippen molar-refractivity contribution >= 4 is 11.9 Å². The van der Waals surface area contributed by atoms with Crippen LogP contribution < -0.4 is 0 Å². The lowest BCUT2D eigenvalue weighted by molar-refractivity contribution is -0.158. The molecule has 0 unspecified atom stereocenters. The van der Waals surface area contributed by atoms with Gasteiger partial charge in [0.25, 0.3) is 0 Å². The van der Waals surface area contributed by atoms with Gasteiger partial charge >= 0.3 is 11.9 Å². The van der Waals surface area contributed by atoms with Gasteiger partial charge in [-0.05, 0) is 19.8 Å². The molecule has 0 saturated heterocycles. The van der Waals surface area contributed by atoms with Crippen molar-refractivity contribution in [2.45, 2.75) is 32.6 Å². The number of hydrogen-bond acceptors (Lipinski definition) is 3. The molecule has 3 heteroatoms. The van der Waals surface area contributed by atoms with Gasteiger partial charge in [-0.3, -0.25) is 4.79 Å². The summed E-state index contributed by atoms with van der Waals surface area (Å²) in [6, 6.07) is 0. The number of rotatable bonds is 1. The lowest BCUT2D eigenvalue weighted by Crippen LogP contribution is -2.18. The zero-order valence-corrected chi connectivity index (χ0v) is 7.63. The Kier molecular flexibility index (Phi) is 3.51. The maximum atomic E-state index is 11.2. The fourth-order valence-corrected chi connectivity index (χ4v) is 1.46. The first-order valence-electron chi connectivity index (χ1n) is 4.42. The van der Waals surface area contributed by atoms with Crippen LogP contribution in [0.2, 0.25) is 0 Å². The van der Waals surface area contributed by atoms with E-state index in [0.717, 1.165) is 25.7 Å². The van der Waals surface area contributed by atoms with Crippen LogP contribution >= 0.6 is 0 Å². The molecule has 1 fully saturated rings. The van der Waals surface area contributed by atoms with Crippen LogP contribution in [-0.4, -0.2) is 11.9 Å². The SMILES string of the molecule is CC#CC(=O)OC(=O)C1CCCC1. The average molecular weight is 180 g/mol. The summed E-state index contributed by atoms with van der Waals surface area (Å²) in [5, 5.41) is 0. The van der Waals surface area contributed by atoms with E-state index < -0.39 is 11.9 Å². The van der Waals surface area contributed by atoms with E-state index in [-0.39, 0.29) is 5.92 Å². The first-order valence-corrected chi connectivity index (χ1v) is 4.42. The van der Waals surface area contributed by atoms with Crippen LogP contribution in [0, 0.1) is 17.8 Å². The molecule has 1 aliphatic carbocycles. The van der Waals surface area contributed by atoms with Gasteiger partial charge in [-0.25, -0.2) is 4.79 Å². The second-order valence-electron chi connectivity index (χ2n) is 3.06. The van der Waals surface area contributed by atoms with Crippen molar-refractivity contribution in [1.82, 2.24) is 0 Å². The molecule has 0 aromatic carbocycles. The van der Waals surface area contributed by atoms with Gasteiger partial charge in [0, 0.05) is 5.92 Å². The minimum atomic E-state index is -0.737. The topological polar surface area (TPSA) is 43.4 Å². The lowest BCUT2D eigenvalue weighted by atomic mass is 10.1. The van der Waals surface area contributed by atoms with Gasteiger partial charge < -0.3 is 4.74 Å². The third-order valence-corrected chi connectivity index (χ3v) is 2.11. The average Bonchev–Trinajstić information content (AvgIpc) is 2.55. The van der Waals surface area contributed by atoms with Crippen molar-refractivity contribution in [2.75, 3.05) is 0 Å². The molecule has 0 aromatic rings. The fourth-order valence-electron chi connectivity index (χ4n) is 1.46. The van der Waals surface area contributed by atoms with Crippen molar-refractivity contribution in [3.8, 4) is 11.8 Å². The Morgan fingerprint density at radius 1 is 1.31 bits per heavy atom. The largest absolute Gasteiger partial charge is 0.392 e. The molecular weight excluding hydrogens is 168 g/mol. The molecule has 0 bridgehead atoms. The number of carbonyl (C=O) groups excluding carboxylic acids is 2. The van der Waals surface area contributed by atoms with E-state index in [9.17, 15) is 9.59 Å². The Hall–Kier alpha value is -1.30. The van der Waals surface area contributed by atoms with E-state index in [1.54, 1.807) is 0 Å². The minimum Gasteiger partial charge on any atom is -0.383 e. The third-order valence-electron chi connectivity index (χ3n) is 2.11. The Morgan fingerprint density at radius 2 is 1.92 bits per heavy atom. The zero-order chi connectivity index (χ0) is 9.68. The summed E-state index contributed by atoms with van der Waals surface area (Å²) in [5.41, 5.74) is 0. The monoisotopic (exact) mass is 180 g/mol. The molecule has 1 rings (SSSR count). The van der Waals surface area contributed by atoms with Crippen LogP contribution in [0.25, 0.3) is 0 Å². The van der Waals surface area contributed by atoms with Crippen molar-refractivity contribution in [1.29, 1.82) is 0 Å².